The van der Waals surface area contributed by atoms with Crippen LogP contribution in [-0.4, -0.2) is 63.1 Å². The topological polar surface area (TPSA) is 77.4 Å². The predicted octanol–water partition coefficient (Wildman–Crippen LogP) is 1.99. The molecule has 6 nitrogen and oxygen atoms in total. The van der Waals surface area contributed by atoms with Gasteiger partial charge in [-0.05, 0) is 44.0 Å². The van der Waals surface area contributed by atoms with E-state index in [1.54, 1.807) is 12.1 Å². The Hall–Kier alpha value is -0.380. The minimum atomic E-state index is 0.00327. The van der Waals surface area contributed by atoms with Crippen LogP contribution in [0.4, 0.5) is 0 Å². The second-order valence-corrected chi connectivity index (χ2v) is 5.79. The van der Waals surface area contributed by atoms with Gasteiger partial charge in [-0.3, -0.25) is 0 Å². The molecule has 0 fully saturated rings. The summed E-state index contributed by atoms with van der Waals surface area (Å²) in [6, 6.07) is 3.61. The maximum Gasteiger partial charge on any atom is 0.134 e. The van der Waals surface area contributed by atoms with Crippen molar-refractivity contribution in [3.63, 3.8) is 0 Å². The molecule has 0 heterocycles. The van der Waals surface area contributed by atoms with Crippen molar-refractivity contribution in [3.05, 3.63) is 21.1 Å². The lowest BCUT2D eigenvalue weighted by Crippen LogP contribution is -2.10. The first-order valence-corrected chi connectivity index (χ1v) is 8.39. The van der Waals surface area contributed by atoms with Gasteiger partial charge in [-0.1, -0.05) is 0 Å². The molecular weight excluding hydrogens is 424 g/mol. The van der Waals surface area contributed by atoms with Crippen molar-refractivity contribution in [1.29, 1.82) is 0 Å². The zero-order chi connectivity index (χ0) is 16.2. The third kappa shape index (κ3) is 7.75. The fourth-order valence-corrected chi connectivity index (χ4v) is 2.36. The van der Waals surface area contributed by atoms with Gasteiger partial charge in [0.1, 0.15) is 24.7 Å². The Morgan fingerprint density at radius 3 is 1.45 bits per heavy atom. The number of halogens is 2. The van der Waals surface area contributed by atoms with E-state index >= 15 is 0 Å². The first-order chi connectivity index (χ1) is 10.7. The van der Waals surface area contributed by atoms with E-state index in [-0.39, 0.29) is 13.2 Å². The summed E-state index contributed by atoms with van der Waals surface area (Å²) >= 11 is 6.85. The molecule has 1 aromatic rings. The normalized spacial score (nSPS) is 10.7. The van der Waals surface area contributed by atoms with Gasteiger partial charge in [0.05, 0.1) is 48.6 Å². The van der Waals surface area contributed by atoms with E-state index in [9.17, 15) is 0 Å². The predicted molar refractivity (Wildman–Crippen MR) is 88.6 cm³/mol. The van der Waals surface area contributed by atoms with Crippen LogP contribution in [0, 0.1) is 0 Å². The zero-order valence-electron chi connectivity index (χ0n) is 12.1. The van der Waals surface area contributed by atoms with Crippen LogP contribution in [0.2, 0.25) is 0 Å². The average Bonchev–Trinajstić information content (AvgIpc) is 2.51. The molecule has 0 unspecified atom stereocenters. The van der Waals surface area contributed by atoms with Crippen LogP contribution in [0.25, 0.3) is 0 Å². The van der Waals surface area contributed by atoms with E-state index in [0.717, 1.165) is 8.95 Å². The minimum absolute atomic E-state index is 0.00327. The Morgan fingerprint density at radius 1 is 0.682 bits per heavy atom. The largest absolute Gasteiger partial charge is 0.490 e. The molecule has 0 saturated carbocycles. The van der Waals surface area contributed by atoms with Gasteiger partial charge < -0.3 is 29.2 Å². The summed E-state index contributed by atoms with van der Waals surface area (Å²) in [7, 11) is 0. The summed E-state index contributed by atoms with van der Waals surface area (Å²) in [5.74, 6) is 1.34. The highest BCUT2D eigenvalue weighted by atomic mass is 79.9. The average molecular weight is 444 g/mol. The van der Waals surface area contributed by atoms with E-state index in [2.05, 4.69) is 31.9 Å². The third-order valence-corrected chi connectivity index (χ3v) is 3.67. The molecule has 0 aromatic heterocycles. The molecule has 0 atom stereocenters. The smallest absolute Gasteiger partial charge is 0.134 e. The summed E-state index contributed by atoms with van der Waals surface area (Å²) in [6.45, 7) is 2.21. The van der Waals surface area contributed by atoms with E-state index in [1.165, 1.54) is 0 Å². The van der Waals surface area contributed by atoms with Gasteiger partial charge in [-0.2, -0.15) is 0 Å². The summed E-state index contributed by atoms with van der Waals surface area (Å²) in [5.41, 5.74) is 0. The van der Waals surface area contributed by atoms with Crippen molar-refractivity contribution in [3.8, 4) is 11.5 Å². The Balaban J connectivity index is 2.42. The lowest BCUT2D eigenvalue weighted by molar-refractivity contribution is 0.0694. The number of ether oxygens (including phenoxy) is 4. The lowest BCUT2D eigenvalue weighted by Gasteiger charge is -2.13. The highest BCUT2D eigenvalue weighted by molar-refractivity contribution is 9.11. The molecule has 0 aliphatic heterocycles. The van der Waals surface area contributed by atoms with Crippen LogP contribution in [0.5, 0.6) is 11.5 Å². The summed E-state index contributed by atoms with van der Waals surface area (Å²) < 4.78 is 23.0. The molecule has 0 saturated heterocycles. The number of rotatable bonds is 12. The molecule has 2 N–H and O–H groups in total. The van der Waals surface area contributed by atoms with Gasteiger partial charge in [0.25, 0.3) is 0 Å². The molecule has 0 spiro atoms. The maximum absolute atomic E-state index is 8.60. The van der Waals surface area contributed by atoms with Crippen LogP contribution >= 0.6 is 31.9 Å². The van der Waals surface area contributed by atoms with E-state index in [0.29, 0.717) is 51.1 Å². The van der Waals surface area contributed by atoms with Crippen LogP contribution in [0.3, 0.4) is 0 Å². The molecule has 0 amide bonds. The van der Waals surface area contributed by atoms with Crippen molar-refractivity contribution in [2.75, 3.05) is 52.9 Å². The minimum Gasteiger partial charge on any atom is -0.490 e. The number of hydrogen-bond donors (Lipinski definition) is 2. The number of aliphatic hydroxyl groups is 2. The quantitative estimate of drug-likeness (QED) is 0.481. The van der Waals surface area contributed by atoms with Gasteiger partial charge in [0.15, 0.2) is 0 Å². The van der Waals surface area contributed by atoms with Crippen LogP contribution < -0.4 is 9.47 Å². The van der Waals surface area contributed by atoms with Gasteiger partial charge in [-0.15, -0.1) is 0 Å². The summed E-state index contributed by atoms with van der Waals surface area (Å²) in [6.07, 6.45) is 0. The van der Waals surface area contributed by atoms with Crippen molar-refractivity contribution >= 4 is 31.9 Å². The van der Waals surface area contributed by atoms with E-state index < -0.39 is 0 Å². The number of benzene rings is 1. The Morgan fingerprint density at radius 2 is 1.09 bits per heavy atom. The lowest BCUT2D eigenvalue weighted by atomic mass is 10.3. The highest BCUT2D eigenvalue weighted by Gasteiger charge is 2.09. The maximum atomic E-state index is 8.60. The molecule has 0 radical (unpaired) electrons. The van der Waals surface area contributed by atoms with Crippen LogP contribution in [-0.2, 0) is 9.47 Å². The molecule has 0 aliphatic rings. The van der Waals surface area contributed by atoms with Crippen molar-refractivity contribution in [2.24, 2.45) is 0 Å². The fourth-order valence-electron chi connectivity index (χ4n) is 1.49. The van der Waals surface area contributed by atoms with E-state index in [1.807, 2.05) is 0 Å². The number of hydrogen-bond acceptors (Lipinski definition) is 6. The van der Waals surface area contributed by atoms with Gasteiger partial charge in [0.2, 0.25) is 0 Å². The van der Waals surface area contributed by atoms with Gasteiger partial charge >= 0.3 is 0 Å². The van der Waals surface area contributed by atoms with Gasteiger partial charge in [0, 0.05) is 0 Å². The van der Waals surface area contributed by atoms with Crippen molar-refractivity contribution < 1.29 is 29.2 Å². The monoisotopic (exact) mass is 442 g/mol. The van der Waals surface area contributed by atoms with Gasteiger partial charge in [-0.25, -0.2) is 0 Å². The Bertz CT molecular complexity index is 390. The highest BCUT2D eigenvalue weighted by Crippen LogP contribution is 2.36. The third-order valence-electron chi connectivity index (χ3n) is 2.43. The van der Waals surface area contributed by atoms with Crippen molar-refractivity contribution in [1.82, 2.24) is 0 Å². The Kier molecular flexibility index (Phi) is 10.8. The van der Waals surface area contributed by atoms with Crippen LogP contribution in [0.15, 0.2) is 21.1 Å². The molecule has 22 heavy (non-hydrogen) atoms. The van der Waals surface area contributed by atoms with Crippen molar-refractivity contribution in [2.45, 2.75) is 0 Å². The second kappa shape index (κ2) is 12.1. The first kappa shape index (κ1) is 19.7. The molecule has 1 rings (SSSR count). The molecule has 1 aromatic carbocycles. The molecule has 126 valence electrons. The molecule has 0 bridgehead atoms. The molecular formula is C14H20Br2O6. The molecule has 0 aliphatic carbocycles. The standard InChI is InChI=1S/C14H20Br2O6/c15-11-10-14(22-8-6-20-4-2-18)12(16)9-13(11)21-7-5-19-3-1-17/h9-10,17-18H,1-8H2. The first-order valence-electron chi connectivity index (χ1n) is 6.81. The van der Waals surface area contributed by atoms with E-state index in [4.69, 9.17) is 29.2 Å². The molecule has 8 heteroatoms. The fraction of sp³-hybridized carbons (Fsp3) is 0.571. The SMILES string of the molecule is OCCOCCOc1cc(Br)c(OCCOCCO)cc1Br. The second-order valence-electron chi connectivity index (χ2n) is 4.08. The summed E-state index contributed by atoms with van der Waals surface area (Å²) in [5, 5.41) is 17.2. The summed E-state index contributed by atoms with van der Waals surface area (Å²) in [4.78, 5) is 0. The zero-order valence-corrected chi connectivity index (χ0v) is 15.3. The number of aliphatic hydroxyl groups excluding tert-OH is 2. The Labute approximate surface area is 146 Å². The van der Waals surface area contributed by atoms with Crippen LogP contribution in [0.1, 0.15) is 0 Å².